The number of hydrazone groups is 1. The standard InChI is InChI=1S/C12H9F2N3/c13-10-5-4-9(7-11(10)14)8-16-17-12-3-1-2-6-15-12/h1-8H,(H,15,17)/b16-8+. The van der Waals surface area contributed by atoms with Crippen LogP contribution in [0, 0.1) is 11.6 Å². The smallest absolute Gasteiger partial charge is 0.159 e. The number of pyridine rings is 1. The fourth-order valence-electron chi connectivity index (χ4n) is 1.19. The molecule has 1 aromatic heterocycles. The molecule has 0 aliphatic heterocycles. The van der Waals surface area contributed by atoms with Gasteiger partial charge in [-0.25, -0.2) is 13.8 Å². The molecule has 0 bridgehead atoms. The number of nitrogens with zero attached hydrogens (tertiary/aromatic N) is 2. The van der Waals surface area contributed by atoms with Crippen LogP contribution in [0.25, 0.3) is 0 Å². The van der Waals surface area contributed by atoms with Gasteiger partial charge >= 0.3 is 0 Å². The molecule has 0 aliphatic carbocycles. The fourth-order valence-corrected chi connectivity index (χ4v) is 1.19. The van der Waals surface area contributed by atoms with Crippen LogP contribution in [0.1, 0.15) is 5.56 Å². The van der Waals surface area contributed by atoms with E-state index >= 15 is 0 Å². The van der Waals surface area contributed by atoms with Crippen molar-refractivity contribution in [2.45, 2.75) is 0 Å². The second-order valence-corrected chi connectivity index (χ2v) is 3.26. The molecular weight excluding hydrogens is 224 g/mol. The first-order chi connectivity index (χ1) is 8.25. The summed E-state index contributed by atoms with van der Waals surface area (Å²) in [5, 5.41) is 3.86. The van der Waals surface area contributed by atoms with Gasteiger partial charge < -0.3 is 0 Å². The molecule has 0 aliphatic rings. The molecule has 1 heterocycles. The predicted octanol–water partition coefficient (Wildman–Crippen LogP) is 2.81. The molecule has 0 spiro atoms. The van der Waals surface area contributed by atoms with E-state index in [-0.39, 0.29) is 0 Å². The average Bonchev–Trinajstić information content (AvgIpc) is 2.35. The second-order valence-electron chi connectivity index (χ2n) is 3.26. The van der Waals surface area contributed by atoms with Gasteiger partial charge in [-0.15, -0.1) is 0 Å². The van der Waals surface area contributed by atoms with Crippen LogP contribution in [-0.4, -0.2) is 11.2 Å². The van der Waals surface area contributed by atoms with Crippen LogP contribution < -0.4 is 5.43 Å². The van der Waals surface area contributed by atoms with Gasteiger partial charge in [-0.1, -0.05) is 12.1 Å². The van der Waals surface area contributed by atoms with Gasteiger partial charge in [-0.3, -0.25) is 5.43 Å². The SMILES string of the molecule is Fc1ccc(/C=N/Nc2ccccn2)cc1F. The van der Waals surface area contributed by atoms with E-state index in [0.717, 1.165) is 12.1 Å². The molecular formula is C12H9F2N3. The van der Waals surface area contributed by atoms with Gasteiger partial charge in [0.2, 0.25) is 0 Å². The minimum Gasteiger partial charge on any atom is -0.261 e. The Kier molecular flexibility index (Phi) is 3.40. The minimum atomic E-state index is -0.896. The predicted molar refractivity (Wildman–Crippen MR) is 61.8 cm³/mol. The lowest BCUT2D eigenvalue weighted by Crippen LogP contribution is -1.93. The van der Waals surface area contributed by atoms with E-state index < -0.39 is 11.6 Å². The van der Waals surface area contributed by atoms with Crippen LogP contribution in [0.3, 0.4) is 0 Å². The third-order valence-corrected chi connectivity index (χ3v) is 2.00. The van der Waals surface area contributed by atoms with Crippen molar-refractivity contribution in [2.24, 2.45) is 5.10 Å². The third-order valence-electron chi connectivity index (χ3n) is 2.00. The Balaban J connectivity index is 2.03. The Morgan fingerprint density at radius 1 is 1.12 bits per heavy atom. The van der Waals surface area contributed by atoms with Gasteiger partial charge in [0, 0.05) is 6.20 Å². The van der Waals surface area contributed by atoms with Gasteiger partial charge in [-0.05, 0) is 29.8 Å². The van der Waals surface area contributed by atoms with E-state index in [9.17, 15) is 8.78 Å². The Hall–Kier alpha value is -2.30. The summed E-state index contributed by atoms with van der Waals surface area (Å²) in [6.07, 6.45) is 3.01. The Bertz CT molecular complexity index is 527. The van der Waals surface area contributed by atoms with E-state index in [1.807, 2.05) is 6.07 Å². The first-order valence-electron chi connectivity index (χ1n) is 4.91. The number of rotatable bonds is 3. The van der Waals surface area contributed by atoms with Crippen LogP contribution >= 0.6 is 0 Å². The number of anilines is 1. The summed E-state index contributed by atoms with van der Waals surface area (Å²) < 4.78 is 25.5. The lowest BCUT2D eigenvalue weighted by molar-refractivity contribution is 0.508. The van der Waals surface area contributed by atoms with E-state index in [1.54, 1.807) is 18.3 Å². The van der Waals surface area contributed by atoms with E-state index in [2.05, 4.69) is 15.5 Å². The maximum absolute atomic E-state index is 12.9. The summed E-state index contributed by atoms with van der Waals surface area (Å²) in [7, 11) is 0. The molecule has 86 valence electrons. The molecule has 1 N–H and O–H groups in total. The van der Waals surface area contributed by atoms with Gasteiger partial charge in [0.05, 0.1) is 6.21 Å². The third kappa shape index (κ3) is 3.07. The highest BCUT2D eigenvalue weighted by molar-refractivity contribution is 5.80. The van der Waals surface area contributed by atoms with Crippen LogP contribution in [-0.2, 0) is 0 Å². The Labute approximate surface area is 96.8 Å². The second kappa shape index (κ2) is 5.16. The van der Waals surface area contributed by atoms with Crippen LogP contribution in [0.15, 0.2) is 47.7 Å². The zero-order valence-electron chi connectivity index (χ0n) is 8.77. The van der Waals surface area contributed by atoms with Crippen molar-refractivity contribution in [1.29, 1.82) is 0 Å². The quantitative estimate of drug-likeness (QED) is 0.653. The molecule has 0 atom stereocenters. The van der Waals surface area contributed by atoms with Crippen molar-refractivity contribution >= 4 is 12.0 Å². The highest BCUT2D eigenvalue weighted by Gasteiger charge is 2.00. The number of hydrogen-bond acceptors (Lipinski definition) is 3. The molecule has 1 aromatic carbocycles. The summed E-state index contributed by atoms with van der Waals surface area (Å²) in [4.78, 5) is 3.98. The number of nitrogens with one attached hydrogen (secondary N) is 1. The molecule has 0 radical (unpaired) electrons. The summed E-state index contributed by atoms with van der Waals surface area (Å²) in [5.74, 6) is -1.20. The Morgan fingerprint density at radius 2 is 2.00 bits per heavy atom. The summed E-state index contributed by atoms with van der Waals surface area (Å²) in [6.45, 7) is 0. The van der Waals surface area contributed by atoms with Crippen LogP contribution in [0.5, 0.6) is 0 Å². The van der Waals surface area contributed by atoms with Crippen molar-refractivity contribution in [3.05, 3.63) is 59.8 Å². The highest BCUT2D eigenvalue weighted by atomic mass is 19.2. The van der Waals surface area contributed by atoms with Crippen LogP contribution in [0.4, 0.5) is 14.6 Å². The number of halogens is 2. The molecule has 3 nitrogen and oxygen atoms in total. The zero-order valence-corrected chi connectivity index (χ0v) is 8.77. The first-order valence-corrected chi connectivity index (χ1v) is 4.91. The van der Waals surface area contributed by atoms with Crippen molar-refractivity contribution in [3.8, 4) is 0 Å². The lowest BCUT2D eigenvalue weighted by atomic mass is 10.2. The lowest BCUT2D eigenvalue weighted by Gasteiger charge is -1.98. The molecule has 0 saturated heterocycles. The Morgan fingerprint density at radius 3 is 2.71 bits per heavy atom. The van der Waals surface area contributed by atoms with Gasteiger partial charge in [0.1, 0.15) is 5.82 Å². The summed E-state index contributed by atoms with van der Waals surface area (Å²) in [6, 6.07) is 8.88. The first kappa shape index (κ1) is 11.2. The van der Waals surface area contributed by atoms with Gasteiger partial charge in [0.15, 0.2) is 11.6 Å². The summed E-state index contributed by atoms with van der Waals surface area (Å²) in [5.41, 5.74) is 3.13. The van der Waals surface area contributed by atoms with Crippen LogP contribution in [0.2, 0.25) is 0 Å². The zero-order chi connectivity index (χ0) is 12.1. The van der Waals surface area contributed by atoms with Crippen molar-refractivity contribution in [1.82, 2.24) is 4.98 Å². The summed E-state index contributed by atoms with van der Waals surface area (Å²) >= 11 is 0. The van der Waals surface area contributed by atoms with Gasteiger partial charge in [0.25, 0.3) is 0 Å². The normalized spacial score (nSPS) is 10.7. The molecule has 2 rings (SSSR count). The number of benzene rings is 1. The fraction of sp³-hybridized carbons (Fsp3) is 0. The molecule has 5 heteroatoms. The highest BCUT2D eigenvalue weighted by Crippen LogP contribution is 2.07. The van der Waals surface area contributed by atoms with E-state index in [1.165, 1.54) is 12.3 Å². The minimum absolute atomic E-state index is 0.465. The van der Waals surface area contributed by atoms with E-state index in [4.69, 9.17) is 0 Å². The molecule has 0 amide bonds. The van der Waals surface area contributed by atoms with Crippen molar-refractivity contribution in [3.63, 3.8) is 0 Å². The molecule has 0 fully saturated rings. The number of aromatic nitrogens is 1. The largest absolute Gasteiger partial charge is 0.261 e. The van der Waals surface area contributed by atoms with Gasteiger partial charge in [-0.2, -0.15) is 5.10 Å². The average molecular weight is 233 g/mol. The maximum Gasteiger partial charge on any atom is 0.159 e. The molecule has 0 unspecified atom stereocenters. The number of hydrogen-bond donors (Lipinski definition) is 1. The maximum atomic E-state index is 12.9. The molecule has 2 aromatic rings. The monoisotopic (exact) mass is 233 g/mol. The van der Waals surface area contributed by atoms with Crippen molar-refractivity contribution in [2.75, 3.05) is 5.43 Å². The van der Waals surface area contributed by atoms with Crippen molar-refractivity contribution < 1.29 is 8.78 Å². The topological polar surface area (TPSA) is 37.3 Å². The molecule has 17 heavy (non-hydrogen) atoms. The van der Waals surface area contributed by atoms with E-state index in [0.29, 0.717) is 11.4 Å². The molecule has 0 saturated carbocycles.